The number of halogens is 4. The number of hydrogen-bond acceptors (Lipinski definition) is 4. The summed E-state index contributed by atoms with van der Waals surface area (Å²) < 4.78 is 71.5. The van der Waals surface area contributed by atoms with Crippen molar-refractivity contribution in [1.82, 2.24) is 4.72 Å². The zero-order valence-corrected chi connectivity index (χ0v) is 17.9. The molecular weight excluding hydrogens is 445 g/mol. The number of ether oxygens (including phenoxy) is 1. The SMILES string of the molecule is CCOc1ccc(S(=O)(=O)N[C@@H](C)C(=O)Nc2ccc(Cl)c(C(F)(F)F)c2)cc1C. The summed E-state index contributed by atoms with van der Waals surface area (Å²) in [5.74, 6) is -0.304. The lowest BCUT2D eigenvalue weighted by Crippen LogP contribution is -2.41. The second kappa shape index (κ2) is 9.23. The van der Waals surface area contributed by atoms with Gasteiger partial charge in [0.1, 0.15) is 5.75 Å². The Labute approximate surface area is 177 Å². The number of anilines is 1. The third-order valence-electron chi connectivity index (χ3n) is 4.02. The summed E-state index contributed by atoms with van der Waals surface area (Å²) in [7, 11) is -4.06. The molecule has 1 atom stereocenters. The molecule has 0 radical (unpaired) electrons. The van der Waals surface area contributed by atoms with Crippen LogP contribution in [0.15, 0.2) is 41.3 Å². The topological polar surface area (TPSA) is 84.5 Å². The van der Waals surface area contributed by atoms with Crippen molar-refractivity contribution in [3.8, 4) is 5.75 Å². The molecule has 0 aromatic heterocycles. The van der Waals surface area contributed by atoms with Gasteiger partial charge in [-0.15, -0.1) is 0 Å². The highest BCUT2D eigenvalue weighted by Gasteiger charge is 2.33. The molecule has 0 aliphatic rings. The summed E-state index contributed by atoms with van der Waals surface area (Å²) >= 11 is 5.55. The van der Waals surface area contributed by atoms with E-state index in [-0.39, 0.29) is 10.6 Å². The molecule has 0 saturated carbocycles. The van der Waals surface area contributed by atoms with Gasteiger partial charge in [0.05, 0.1) is 28.1 Å². The van der Waals surface area contributed by atoms with E-state index in [9.17, 15) is 26.4 Å². The quantitative estimate of drug-likeness (QED) is 0.637. The highest BCUT2D eigenvalue weighted by molar-refractivity contribution is 7.89. The first-order valence-corrected chi connectivity index (χ1v) is 10.6. The van der Waals surface area contributed by atoms with Crippen molar-refractivity contribution >= 4 is 33.2 Å². The van der Waals surface area contributed by atoms with Crippen LogP contribution >= 0.6 is 11.6 Å². The number of sulfonamides is 1. The van der Waals surface area contributed by atoms with Crippen LogP contribution in [0.1, 0.15) is 25.0 Å². The average Bonchev–Trinajstić information content (AvgIpc) is 2.63. The van der Waals surface area contributed by atoms with E-state index in [2.05, 4.69) is 10.0 Å². The van der Waals surface area contributed by atoms with Crippen molar-refractivity contribution in [1.29, 1.82) is 0 Å². The van der Waals surface area contributed by atoms with E-state index >= 15 is 0 Å². The molecule has 0 saturated heterocycles. The summed E-state index contributed by atoms with van der Waals surface area (Å²) in [4.78, 5) is 12.2. The molecule has 0 heterocycles. The molecule has 2 rings (SSSR count). The normalized spacial score (nSPS) is 13.0. The number of rotatable bonds is 7. The second-order valence-electron chi connectivity index (χ2n) is 6.38. The van der Waals surface area contributed by atoms with Gasteiger partial charge in [-0.1, -0.05) is 11.6 Å². The lowest BCUT2D eigenvalue weighted by molar-refractivity contribution is -0.137. The maximum Gasteiger partial charge on any atom is 0.417 e. The summed E-state index contributed by atoms with van der Waals surface area (Å²) in [6.07, 6.45) is -4.70. The molecule has 0 aliphatic carbocycles. The van der Waals surface area contributed by atoms with E-state index in [1.165, 1.54) is 31.2 Å². The molecule has 0 spiro atoms. The third-order valence-corrected chi connectivity index (χ3v) is 5.89. The Hall–Kier alpha value is -2.30. The van der Waals surface area contributed by atoms with Crippen LogP contribution in [0.4, 0.5) is 18.9 Å². The van der Waals surface area contributed by atoms with Crippen LogP contribution in [0.2, 0.25) is 5.02 Å². The Balaban J connectivity index is 2.14. The summed E-state index contributed by atoms with van der Waals surface area (Å²) in [5, 5.41) is 1.73. The standard InChI is InChI=1S/C19H20ClF3N2O4S/c1-4-29-17-8-6-14(9-11(17)2)30(27,28)25-12(3)18(26)24-13-5-7-16(20)15(10-13)19(21,22)23/h5-10,12,25H,4H2,1-3H3,(H,24,26)/t12-/m0/s1. The van der Waals surface area contributed by atoms with E-state index in [1.54, 1.807) is 13.8 Å². The van der Waals surface area contributed by atoms with Crippen molar-refractivity contribution in [2.24, 2.45) is 0 Å². The number of carbonyl (C=O) groups excluding carboxylic acids is 1. The monoisotopic (exact) mass is 464 g/mol. The minimum Gasteiger partial charge on any atom is -0.494 e. The molecule has 30 heavy (non-hydrogen) atoms. The zero-order chi connectivity index (χ0) is 22.7. The summed E-state index contributed by atoms with van der Waals surface area (Å²) in [6, 6.07) is 5.84. The smallest absolute Gasteiger partial charge is 0.417 e. The first-order valence-electron chi connectivity index (χ1n) is 8.78. The lowest BCUT2D eigenvalue weighted by Gasteiger charge is -2.16. The molecule has 0 fully saturated rings. The van der Waals surface area contributed by atoms with Gasteiger partial charge in [-0.25, -0.2) is 8.42 Å². The maximum atomic E-state index is 12.9. The lowest BCUT2D eigenvalue weighted by atomic mass is 10.2. The molecule has 164 valence electrons. The van der Waals surface area contributed by atoms with Gasteiger partial charge < -0.3 is 10.1 Å². The fourth-order valence-corrected chi connectivity index (χ4v) is 4.04. The van der Waals surface area contributed by atoms with Crippen molar-refractivity contribution in [3.05, 3.63) is 52.5 Å². The van der Waals surface area contributed by atoms with Gasteiger partial charge in [-0.05, 0) is 62.7 Å². The van der Waals surface area contributed by atoms with Crippen LogP contribution in [0.5, 0.6) is 5.75 Å². The molecule has 2 aromatic carbocycles. The molecule has 0 unspecified atom stereocenters. The molecular formula is C19H20ClF3N2O4S. The number of amides is 1. The molecule has 2 aromatic rings. The Morgan fingerprint density at radius 2 is 1.87 bits per heavy atom. The van der Waals surface area contributed by atoms with E-state index in [1.807, 2.05) is 0 Å². The fourth-order valence-electron chi connectivity index (χ4n) is 2.53. The predicted octanol–water partition coefficient (Wildman–Crippen LogP) is 4.37. The largest absolute Gasteiger partial charge is 0.494 e. The number of carbonyl (C=O) groups is 1. The highest BCUT2D eigenvalue weighted by atomic mass is 35.5. The minimum absolute atomic E-state index is 0.0750. The van der Waals surface area contributed by atoms with Crippen LogP contribution in [-0.4, -0.2) is 27.0 Å². The first-order chi connectivity index (χ1) is 13.8. The number of alkyl halides is 3. The van der Waals surface area contributed by atoms with E-state index in [4.69, 9.17) is 16.3 Å². The number of hydrogen-bond donors (Lipinski definition) is 2. The van der Waals surface area contributed by atoms with E-state index < -0.39 is 38.7 Å². The van der Waals surface area contributed by atoms with Gasteiger partial charge in [-0.3, -0.25) is 4.79 Å². The van der Waals surface area contributed by atoms with Crippen molar-refractivity contribution < 1.29 is 31.1 Å². The Bertz CT molecular complexity index is 1040. The van der Waals surface area contributed by atoms with Crippen molar-refractivity contribution in [3.63, 3.8) is 0 Å². The molecule has 11 heteroatoms. The van der Waals surface area contributed by atoms with Crippen LogP contribution in [0.3, 0.4) is 0 Å². The first kappa shape index (κ1) is 24.0. The molecule has 0 bridgehead atoms. The third kappa shape index (κ3) is 5.87. The summed E-state index contributed by atoms with van der Waals surface area (Å²) in [6.45, 7) is 5.17. The van der Waals surface area contributed by atoms with Gasteiger partial charge in [0.15, 0.2) is 0 Å². The number of benzene rings is 2. The van der Waals surface area contributed by atoms with Crippen LogP contribution in [0, 0.1) is 6.92 Å². The minimum atomic E-state index is -4.70. The Morgan fingerprint density at radius 3 is 2.43 bits per heavy atom. The molecule has 0 aliphatic heterocycles. The molecule has 2 N–H and O–H groups in total. The van der Waals surface area contributed by atoms with E-state index in [0.717, 1.165) is 6.07 Å². The average molecular weight is 465 g/mol. The van der Waals surface area contributed by atoms with Gasteiger partial charge in [0.2, 0.25) is 15.9 Å². The van der Waals surface area contributed by atoms with Crippen LogP contribution in [-0.2, 0) is 21.0 Å². The summed E-state index contributed by atoms with van der Waals surface area (Å²) in [5.41, 5.74) is -0.683. The highest BCUT2D eigenvalue weighted by Crippen LogP contribution is 2.36. The van der Waals surface area contributed by atoms with Gasteiger partial charge in [0.25, 0.3) is 0 Å². The molecule has 1 amide bonds. The van der Waals surface area contributed by atoms with Crippen LogP contribution in [0.25, 0.3) is 0 Å². The van der Waals surface area contributed by atoms with E-state index in [0.29, 0.717) is 24.0 Å². The van der Waals surface area contributed by atoms with Gasteiger partial charge in [-0.2, -0.15) is 17.9 Å². The van der Waals surface area contributed by atoms with Gasteiger partial charge >= 0.3 is 6.18 Å². The Morgan fingerprint density at radius 1 is 1.20 bits per heavy atom. The van der Waals surface area contributed by atoms with Crippen LogP contribution < -0.4 is 14.8 Å². The second-order valence-corrected chi connectivity index (χ2v) is 8.51. The Kier molecular flexibility index (Phi) is 7.38. The predicted molar refractivity (Wildman–Crippen MR) is 107 cm³/mol. The van der Waals surface area contributed by atoms with Crippen molar-refractivity contribution in [2.45, 2.75) is 37.9 Å². The number of aryl methyl sites for hydroxylation is 1. The maximum absolute atomic E-state index is 12.9. The number of nitrogens with one attached hydrogen (secondary N) is 2. The van der Waals surface area contributed by atoms with Gasteiger partial charge in [0, 0.05) is 5.69 Å². The molecule has 6 nitrogen and oxygen atoms in total. The van der Waals surface area contributed by atoms with Crippen molar-refractivity contribution in [2.75, 3.05) is 11.9 Å². The zero-order valence-electron chi connectivity index (χ0n) is 16.3. The fraction of sp³-hybridized carbons (Fsp3) is 0.316.